The van der Waals surface area contributed by atoms with Crippen LogP contribution < -0.4 is 15.5 Å². The minimum atomic E-state index is -5.08. The van der Waals surface area contributed by atoms with Gasteiger partial charge in [0.25, 0.3) is 0 Å². The van der Waals surface area contributed by atoms with Crippen molar-refractivity contribution >= 4 is 35.1 Å². The molecular weight excluding hydrogens is 461 g/mol. The monoisotopic (exact) mass is 490 g/mol. The van der Waals surface area contributed by atoms with Gasteiger partial charge in [-0.3, -0.25) is 14.5 Å². The number of carbonyl (C=O) groups excluding carboxylic acids is 2. The molecule has 1 heterocycles. The Morgan fingerprint density at radius 2 is 1.65 bits per heavy atom. The molecule has 0 aromatic heterocycles. The highest BCUT2D eigenvalue weighted by molar-refractivity contribution is 5.97. The van der Waals surface area contributed by atoms with Crippen LogP contribution in [0, 0.1) is 0 Å². The lowest BCUT2D eigenvalue weighted by atomic mass is 10.1. The summed E-state index contributed by atoms with van der Waals surface area (Å²) >= 11 is 0. The summed E-state index contributed by atoms with van der Waals surface area (Å²) in [6.07, 6.45) is -3.06. The molecule has 190 valence electrons. The molecule has 0 unspecified atom stereocenters. The molecule has 0 bridgehead atoms. The number of hydrogen-bond acceptors (Lipinski definition) is 6. The van der Waals surface area contributed by atoms with E-state index in [1.165, 1.54) is 13.0 Å². The van der Waals surface area contributed by atoms with Crippen LogP contribution in [-0.2, 0) is 14.4 Å². The summed E-state index contributed by atoms with van der Waals surface area (Å²) in [4.78, 5) is 47.7. The fourth-order valence-corrected chi connectivity index (χ4v) is 3.07. The van der Waals surface area contributed by atoms with Crippen LogP contribution in [0.4, 0.5) is 24.5 Å². The molecule has 0 saturated carbocycles. The molecule has 1 aliphatic rings. The minimum Gasteiger partial charge on any atom is -0.478 e. The molecule has 0 aliphatic carbocycles. The third-order valence-electron chi connectivity index (χ3n) is 4.72. The topological polar surface area (TPSA) is 139 Å². The zero-order valence-corrected chi connectivity index (χ0v) is 18.9. The van der Waals surface area contributed by atoms with Crippen LogP contribution in [-0.4, -0.2) is 84.3 Å². The Kier molecular flexibility index (Phi) is 11.3. The lowest BCUT2D eigenvalue weighted by molar-refractivity contribution is -0.192. The van der Waals surface area contributed by atoms with Crippen LogP contribution in [0.25, 0.3) is 0 Å². The molecule has 34 heavy (non-hydrogen) atoms. The maximum atomic E-state index is 11.9. The Morgan fingerprint density at radius 3 is 2.12 bits per heavy atom. The van der Waals surface area contributed by atoms with Crippen molar-refractivity contribution < 1.29 is 42.6 Å². The van der Waals surface area contributed by atoms with Gasteiger partial charge in [-0.2, -0.15) is 13.2 Å². The molecule has 0 radical (unpaired) electrons. The zero-order chi connectivity index (χ0) is 25.9. The summed E-state index contributed by atoms with van der Waals surface area (Å²) in [5.74, 6) is -4.00. The highest BCUT2D eigenvalue weighted by Crippen LogP contribution is 2.25. The Hall–Kier alpha value is -3.35. The van der Waals surface area contributed by atoms with Gasteiger partial charge < -0.3 is 25.7 Å². The highest BCUT2D eigenvalue weighted by Gasteiger charge is 2.38. The first kappa shape index (κ1) is 28.7. The SMILES string of the molecule is CCCCNC(=O)CN1CCN(c2ccc(NC(C)=O)cc2C(=O)O)CC1.O=C(O)C(F)(F)F. The number of anilines is 2. The van der Waals surface area contributed by atoms with E-state index in [0.717, 1.165) is 12.8 Å². The fraction of sp³-hybridized carbons (Fsp3) is 0.524. The van der Waals surface area contributed by atoms with E-state index in [9.17, 15) is 32.7 Å². The first-order valence-corrected chi connectivity index (χ1v) is 10.5. The van der Waals surface area contributed by atoms with Crippen LogP contribution in [0.5, 0.6) is 0 Å². The molecule has 2 rings (SSSR count). The number of nitrogens with one attached hydrogen (secondary N) is 2. The molecule has 0 atom stereocenters. The maximum Gasteiger partial charge on any atom is 0.490 e. The average Bonchev–Trinajstić information content (AvgIpc) is 2.74. The van der Waals surface area contributed by atoms with Gasteiger partial charge in [0, 0.05) is 45.3 Å². The van der Waals surface area contributed by atoms with Crippen LogP contribution in [0.2, 0.25) is 0 Å². The van der Waals surface area contributed by atoms with Crippen molar-refractivity contribution in [2.24, 2.45) is 0 Å². The first-order valence-electron chi connectivity index (χ1n) is 10.5. The van der Waals surface area contributed by atoms with Crippen molar-refractivity contribution in [2.45, 2.75) is 32.9 Å². The average molecular weight is 490 g/mol. The number of carboxylic acids is 2. The second-order valence-corrected chi connectivity index (χ2v) is 7.49. The number of benzene rings is 1. The molecule has 1 fully saturated rings. The number of carbonyl (C=O) groups is 4. The number of carboxylic acid groups (broad SMARTS) is 2. The second-order valence-electron chi connectivity index (χ2n) is 7.49. The van der Waals surface area contributed by atoms with Gasteiger partial charge in [0.2, 0.25) is 11.8 Å². The molecule has 1 saturated heterocycles. The quantitative estimate of drug-likeness (QED) is 0.406. The van der Waals surface area contributed by atoms with E-state index in [1.807, 2.05) is 4.90 Å². The van der Waals surface area contributed by atoms with Gasteiger partial charge in [0.15, 0.2) is 0 Å². The number of unbranched alkanes of at least 4 members (excludes halogenated alkanes) is 1. The molecule has 13 heteroatoms. The lowest BCUT2D eigenvalue weighted by Crippen LogP contribution is -2.49. The van der Waals surface area contributed by atoms with E-state index in [1.54, 1.807) is 12.1 Å². The van der Waals surface area contributed by atoms with Crippen molar-refractivity contribution in [3.8, 4) is 0 Å². The molecule has 1 aromatic rings. The number of aliphatic carboxylic acids is 1. The van der Waals surface area contributed by atoms with Crippen molar-refractivity contribution in [3.63, 3.8) is 0 Å². The first-order chi connectivity index (χ1) is 15.8. The van der Waals surface area contributed by atoms with Crippen molar-refractivity contribution in [3.05, 3.63) is 23.8 Å². The largest absolute Gasteiger partial charge is 0.490 e. The van der Waals surface area contributed by atoms with E-state index in [-0.39, 0.29) is 17.4 Å². The van der Waals surface area contributed by atoms with Gasteiger partial charge in [-0.25, -0.2) is 9.59 Å². The lowest BCUT2D eigenvalue weighted by Gasteiger charge is -2.36. The molecule has 0 spiro atoms. The number of amides is 2. The maximum absolute atomic E-state index is 11.9. The summed E-state index contributed by atoms with van der Waals surface area (Å²) in [5, 5.41) is 22.2. The number of halogens is 3. The molecule has 1 aliphatic heterocycles. The molecule has 10 nitrogen and oxygen atoms in total. The Bertz CT molecular complexity index is 871. The number of hydrogen-bond donors (Lipinski definition) is 4. The Morgan fingerprint density at radius 1 is 1.06 bits per heavy atom. The number of rotatable bonds is 8. The summed E-state index contributed by atoms with van der Waals surface area (Å²) in [5.41, 5.74) is 1.25. The standard InChI is InChI=1S/C19H28N4O4.C2HF3O2/c1-3-4-7-20-18(25)13-22-8-10-23(11-9-22)17-6-5-15(21-14(2)24)12-16(17)19(26)27;3-2(4,5)1(6)7/h5-6,12H,3-4,7-11,13H2,1-2H3,(H,20,25)(H,21,24)(H,26,27);(H,6,7). The van der Waals surface area contributed by atoms with Gasteiger partial charge in [0.1, 0.15) is 0 Å². The fourth-order valence-electron chi connectivity index (χ4n) is 3.07. The van der Waals surface area contributed by atoms with Crippen LogP contribution >= 0.6 is 0 Å². The predicted molar refractivity (Wildman–Crippen MR) is 118 cm³/mol. The van der Waals surface area contributed by atoms with Crippen molar-refractivity contribution in [2.75, 3.05) is 49.5 Å². The Labute approximate surface area is 194 Å². The smallest absolute Gasteiger partial charge is 0.478 e. The summed E-state index contributed by atoms with van der Waals surface area (Å²) in [6.45, 7) is 7.19. The van der Waals surface area contributed by atoms with E-state index in [2.05, 4.69) is 22.5 Å². The number of piperazine rings is 1. The van der Waals surface area contributed by atoms with Crippen LogP contribution in [0.3, 0.4) is 0 Å². The number of alkyl halides is 3. The highest BCUT2D eigenvalue weighted by atomic mass is 19.4. The molecule has 4 N–H and O–H groups in total. The zero-order valence-electron chi connectivity index (χ0n) is 18.9. The Balaban J connectivity index is 0.000000718. The third-order valence-corrected chi connectivity index (χ3v) is 4.72. The number of nitrogens with zero attached hydrogens (tertiary/aromatic N) is 2. The van der Waals surface area contributed by atoms with E-state index < -0.39 is 18.1 Å². The van der Waals surface area contributed by atoms with Gasteiger partial charge >= 0.3 is 18.1 Å². The molecule has 2 amide bonds. The summed E-state index contributed by atoms with van der Waals surface area (Å²) in [7, 11) is 0. The van der Waals surface area contributed by atoms with Crippen molar-refractivity contribution in [1.82, 2.24) is 10.2 Å². The van der Waals surface area contributed by atoms with Gasteiger partial charge in [-0.05, 0) is 24.6 Å². The van der Waals surface area contributed by atoms with Gasteiger partial charge in [-0.15, -0.1) is 0 Å². The van der Waals surface area contributed by atoms with Crippen LogP contribution in [0.15, 0.2) is 18.2 Å². The molecular formula is C21H29F3N4O6. The number of aromatic carboxylic acids is 1. The van der Waals surface area contributed by atoms with E-state index in [0.29, 0.717) is 50.6 Å². The second kappa shape index (κ2) is 13.4. The van der Waals surface area contributed by atoms with Gasteiger partial charge in [-0.1, -0.05) is 13.3 Å². The normalized spacial score (nSPS) is 14.0. The van der Waals surface area contributed by atoms with Crippen LogP contribution in [0.1, 0.15) is 37.0 Å². The van der Waals surface area contributed by atoms with E-state index >= 15 is 0 Å². The summed E-state index contributed by atoms with van der Waals surface area (Å²) in [6, 6.07) is 4.91. The molecule has 1 aromatic carbocycles. The predicted octanol–water partition coefficient (Wildman–Crippen LogP) is 2.01. The minimum absolute atomic E-state index is 0.0304. The summed E-state index contributed by atoms with van der Waals surface area (Å²) < 4.78 is 31.7. The third kappa shape index (κ3) is 10.1. The van der Waals surface area contributed by atoms with Crippen molar-refractivity contribution in [1.29, 1.82) is 0 Å². The van der Waals surface area contributed by atoms with E-state index in [4.69, 9.17) is 9.90 Å². The van der Waals surface area contributed by atoms with Gasteiger partial charge in [0.05, 0.1) is 17.8 Å².